The Balaban J connectivity index is 2.53. The predicted molar refractivity (Wildman–Crippen MR) is 80.5 cm³/mol. The second-order valence-corrected chi connectivity index (χ2v) is 5.09. The van der Waals surface area contributed by atoms with Crippen molar-refractivity contribution in [1.29, 1.82) is 0 Å². The Morgan fingerprint density at radius 1 is 1.11 bits per heavy atom. The number of hydrogen-bond acceptors (Lipinski definition) is 2. The summed E-state index contributed by atoms with van der Waals surface area (Å²) >= 11 is 3.64. The third kappa shape index (κ3) is 2.41. The van der Waals surface area contributed by atoms with Crippen LogP contribution >= 0.6 is 15.9 Å². The van der Waals surface area contributed by atoms with Crippen LogP contribution in [0.1, 0.15) is 18.1 Å². The number of benzene rings is 1. The summed E-state index contributed by atoms with van der Waals surface area (Å²) in [6, 6.07) is 10.4. The first-order valence-corrected chi connectivity index (χ1v) is 6.88. The van der Waals surface area contributed by atoms with Gasteiger partial charge in [-0.1, -0.05) is 18.2 Å². The number of rotatable bonds is 3. The minimum atomic E-state index is 0.889. The molecule has 0 saturated carbocycles. The minimum absolute atomic E-state index is 0.889. The molecule has 0 amide bonds. The molecule has 0 aliphatic carbocycles. The lowest BCUT2D eigenvalue weighted by atomic mass is 10.1. The maximum absolute atomic E-state index is 4.51. The average Bonchev–Trinajstić information content (AvgIpc) is 2.37. The van der Waals surface area contributed by atoms with Gasteiger partial charge in [0.05, 0.1) is 4.47 Å². The quantitative estimate of drug-likeness (QED) is 0.822. The Kier molecular flexibility index (Phi) is 4.02. The summed E-state index contributed by atoms with van der Waals surface area (Å²) in [4.78, 5) is 6.74. The number of hydrogen-bond donors (Lipinski definition) is 0. The number of para-hydroxylation sites is 1. The van der Waals surface area contributed by atoms with Crippen LogP contribution in [0.15, 0.2) is 41.0 Å². The maximum atomic E-state index is 4.51. The highest BCUT2D eigenvalue weighted by atomic mass is 79.9. The number of nitrogens with zero attached hydrogens (tertiary/aromatic N) is 2. The highest BCUT2D eigenvalue weighted by Crippen LogP contribution is 2.33. The van der Waals surface area contributed by atoms with E-state index in [1.165, 1.54) is 16.8 Å². The van der Waals surface area contributed by atoms with Crippen LogP contribution in [0.3, 0.4) is 0 Å². The van der Waals surface area contributed by atoms with E-state index in [-0.39, 0.29) is 0 Å². The summed E-state index contributed by atoms with van der Waals surface area (Å²) in [5, 5.41) is 0. The zero-order valence-corrected chi connectivity index (χ0v) is 12.5. The van der Waals surface area contributed by atoms with Gasteiger partial charge >= 0.3 is 0 Å². The van der Waals surface area contributed by atoms with Crippen molar-refractivity contribution in [3.63, 3.8) is 0 Å². The van der Waals surface area contributed by atoms with E-state index in [4.69, 9.17) is 0 Å². The normalized spacial score (nSPS) is 10.4. The zero-order valence-electron chi connectivity index (χ0n) is 10.9. The maximum Gasteiger partial charge on any atom is 0.147 e. The first kappa shape index (κ1) is 13.1. The highest BCUT2D eigenvalue weighted by molar-refractivity contribution is 9.10. The van der Waals surface area contributed by atoms with Crippen LogP contribution in [0.4, 0.5) is 11.5 Å². The van der Waals surface area contributed by atoms with Crippen molar-refractivity contribution in [2.45, 2.75) is 20.8 Å². The number of anilines is 2. The molecule has 1 aromatic carbocycles. The second kappa shape index (κ2) is 5.53. The van der Waals surface area contributed by atoms with Crippen LogP contribution in [0, 0.1) is 13.8 Å². The fraction of sp³-hybridized carbons (Fsp3) is 0.267. The van der Waals surface area contributed by atoms with Crippen molar-refractivity contribution in [3.05, 3.63) is 52.1 Å². The van der Waals surface area contributed by atoms with Crippen molar-refractivity contribution in [2.75, 3.05) is 11.4 Å². The van der Waals surface area contributed by atoms with Crippen LogP contribution in [-0.4, -0.2) is 11.5 Å². The summed E-state index contributed by atoms with van der Waals surface area (Å²) in [6.07, 6.45) is 1.86. The topological polar surface area (TPSA) is 16.1 Å². The smallest absolute Gasteiger partial charge is 0.147 e. The predicted octanol–water partition coefficient (Wildman–Crippen LogP) is 4.62. The number of pyridine rings is 1. The van der Waals surface area contributed by atoms with Gasteiger partial charge in [-0.25, -0.2) is 4.98 Å². The van der Waals surface area contributed by atoms with Gasteiger partial charge in [0.2, 0.25) is 0 Å². The van der Waals surface area contributed by atoms with Gasteiger partial charge in [-0.3, -0.25) is 0 Å². The van der Waals surface area contributed by atoms with E-state index in [9.17, 15) is 0 Å². The van der Waals surface area contributed by atoms with Gasteiger partial charge < -0.3 is 4.90 Å². The molecule has 0 fully saturated rings. The van der Waals surface area contributed by atoms with Gasteiger partial charge in [0, 0.05) is 18.4 Å². The second-order valence-electron chi connectivity index (χ2n) is 4.30. The van der Waals surface area contributed by atoms with Crippen LogP contribution in [-0.2, 0) is 0 Å². The molecule has 3 heteroatoms. The molecule has 0 radical (unpaired) electrons. The van der Waals surface area contributed by atoms with Crippen molar-refractivity contribution < 1.29 is 0 Å². The summed E-state index contributed by atoms with van der Waals surface area (Å²) in [7, 11) is 0. The summed E-state index contributed by atoms with van der Waals surface area (Å²) < 4.78 is 1.06. The molecule has 0 saturated heterocycles. The van der Waals surface area contributed by atoms with Gasteiger partial charge in [-0.2, -0.15) is 0 Å². The molecule has 0 unspecified atom stereocenters. The van der Waals surface area contributed by atoms with Crippen LogP contribution in [0.25, 0.3) is 0 Å². The molecule has 18 heavy (non-hydrogen) atoms. The average molecular weight is 305 g/mol. The molecular weight excluding hydrogens is 288 g/mol. The molecule has 0 aliphatic rings. The van der Waals surface area contributed by atoms with Gasteiger partial charge in [0.25, 0.3) is 0 Å². The molecule has 1 heterocycles. The molecule has 2 rings (SSSR count). The Hall–Kier alpha value is -1.35. The Labute approximate surface area is 117 Å². The first-order chi connectivity index (χ1) is 8.65. The molecule has 0 N–H and O–H groups in total. The largest absolute Gasteiger partial charge is 0.325 e. The van der Waals surface area contributed by atoms with Crippen molar-refractivity contribution >= 4 is 27.4 Å². The van der Waals surface area contributed by atoms with E-state index >= 15 is 0 Å². The van der Waals surface area contributed by atoms with Crippen LogP contribution < -0.4 is 4.90 Å². The van der Waals surface area contributed by atoms with Crippen molar-refractivity contribution in [2.24, 2.45) is 0 Å². The zero-order chi connectivity index (χ0) is 13.1. The molecule has 2 nitrogen and oxygen atoms in total. The Bertz CT molecular complexity index is 552. The summed E-state index contributed by atoms with van der Waals surface area (Å²) in [6.45, 7) is 7.24. The van der Waals surface area contributed by atoms with Crippen molar-refractivity contribution in [1.82, 2.24) is 4.98 Å². The molecule has 1 aromatic heterocycles. The minimum Gasteiger partial charge on any atom is -0.325 e. The molecule has 2 aromatic rings. The Morgan fingerprint density at radius 3 is 2.50 bits per heavy atom. The van der Waals surface area contributed by atoms with E-state index in [0.717, 1.165) is 16.8 Å². The standard InChI is InChI=1S/C15H17BrN2/c1-4-18(13-8-6-5-7-11(13)2)15-14(16)12(3)9-10-17-15/h5-10H,4H2,1-3H3. The van der Waals surface area contributed by atoms with Gasteiger partial charge in [-0.15, -0.1) is 0 Å². The van der Waals surface area contributed by atoms with E-state index < -0.39 is 0 Å². The molecular formula is C15H17BrN2. The van der Waals surface area contributed by atoms with Crippen LogP contribution in [0.2, 0.25) is 0 Å². The van der Waals surface area contributed by atoms with Gasteiger partial charge in [0.15, 0.2) is 0 Å². The van der Waals surface area contributed by atoms with Crippen LogP contribution in [0.5, 0.6) is 0 Å². The molecule has 0 aliphatic heterocycles. The number of halogens is 1. The van der Waals surface area contributed by atoms with Gasteiger partial charge in [0.1, 0.15) is 5.82 Å². The van der Waals surface area contributed by atoms with Crippen molar-refractivity contribution in [3.8, 4) is 0 Å². The molecule has 0 spiro atoms. The van der Waals surface area contributed by atoms with E-state index in [1.54, 1.807) is 0 Å². The van der Waals surface area contributed by atoms with Gasteiger partial charge in [-0.05, 0) is 60.0 Å². The summed E-state index contributed by atoms with van der Waals surface area (Å²) in [5.74, 6) is 0.979. The summed E-state index contributed by atoms with van der Waals surface area (Å²) in [5.41, 5.74) is 3.67. The molecule has 94 valence electrons. The third-order valence-electron chi connectivity index (χ3n) is 3.04. The SMILES string of the molecule is CCN(c1ccccc1C)c1nccc(C)c1Br. The fourth-order valence-corrected chi connectivity index (χ4v) is 2.46. The highest BCUT2D eigenvalue weighted by Gasteiger charge is 2.14. The Morgan fingerprint density at radius 2 is 1.83 bits per heavy atom. The van der Waals surface area contributed by atoms with E-state index in [0.29, 0.717) is 0 Å². The fourth-order valence-electron chi connectivity index (χ4n) is 2.01. The number of aryl methyl sites for hydroxylation is 2. The molecule has 0 atom stereocenters. The van der Waals surface area contributed by atoms with E-state index in [1.807, 2.05) is 12.3 Å². The first-order valence-electron chi connectivity index (χ1n) is 6.09. The lowest BCUT2D eigenvalue weighted by Crippen LogP contribution is -2.19. The molecule has 0 bridgehead atoms. The number of aromatic nitrogens is 1. The monoisotopic (exact) mass is 304 g/mol. The van der Waals surface area contributed by atoms with E-state index in [2.05, 4.69) is 70.9 Å². The lowest BCUT2D eigenvalue weighted by Gasteiger charge is -2.25. The lowest BCUT2D eigenvalue weighted by molar-refractivity contribution is 0.974. The third-order valence-corrected chi connectivity index (χ3v) is 4.02.